The summed E-state index contributed by atoms with van der Waals surface area (Å²) < 4.78 is 0. The molecule has 0 bridgehead atoms. The summed E-state index contributed by atoms with van der Waals surface area (Å²) in [5.74, 6) is 0. The number of H-pyrrole nitrogens is 1. The molecule has 0 aliphatic carbocycles. The van der Waals surface area contributed by atoms with Crippen molar-refractivity contribution in [3.8, 4) is 0 Å². The van der Waals surface area contributed by atoms with E-state index < -0.39 is 0 Å². The highest BCUT2D eigenvalue weighted by atomic mass is 35.5. The minimum atomic E-state index is 0. The fourth-order valence-corrected chi connectivity index (χ4v) is 1.01. The highest BCUT2D eigenvalue weighted by Crippen LogP contribution is 2.16. The molecule has 0 radical (unpaired) electrons. The van der Waals surface area contributed by atoms with Gasteiger partial charge in [-0.2, -0.15) is 0 Å². The highest BCUT2D eigenvalue weighted by molar-refractivity contribution is 6.34. The van der Waals surface area contributed by atoms with E-state index in [0.717, 1.165) is 5.52 Å². The molecule has 0 aliphatic rings. The van der Waals surface area contributed by atoms with E-state index in [9.17, 15) is 0 Å². The quantitative estimate of drug-likeness (QED) is 0.636. The first-order valence-electron chi connectivity index (χ1n) is 2.81. The number of halogens is 1. The van der Waals surface area contributed by atoms with Crippen LogP contribution in [0.25, 0.3) is 11.2 Å². The third-order valence-electron chi connectivity index (χ3n) is 1.28. The number of aromatic amines is 1. The Morgan fingerprint density at radius 1 is 1.36 bits per heavy atom. The van der Waals surface area contributed by atoms with Gasteiger partial charge in [0.25, 0.3) is 0 Å². The highest BCUT2D eigenvalue weighted by Gasteiger charge is 1.98. The van der Waals surface area contributed by atoms with Crippen LogP contribution in [0.15, 0.2) is 18.6 Å². The molecular formula is C6H6ClN3O. The van der Waals surface area contributed by atoms with Gasteiger partial charge in [-0.3, -0.25) is 0 Å². The zero-order chi connectivity index (χ0) is 6.97. The third-order valence-corrected chi connectivity index (χ3v) is 1.59. The van der Waals surface area contributed by atoms with E-state index in [2.05, 4.69) is 15.0 Å². The third kappa shape index (κ3) is 1.18. The van der Waals surface area contributed by atoms with Crippen LogP contribution in [0.4, 0.5) is 0 Å². The average Bonchev–Trinajstić information content (AvgIpc) is 2.36. The Morgan fingerprint density at radius 3 is 2.91 bits per heavy atom. The van der Waals surface area contributed by atoms with Crippen LogP contribution in [0, 0.1) is 0 Å². The Hall–Kier alpha value is -1.13. The molecule has 0 spiro atoms. The molecule has 0 unspecified atom stereocenters. The molecule has 2 rings (SSSR count). The first-order chi connectivity index (χ1) is 4.88. The molecule has 0 saturated heterocycles. The van der Waals surface area contributed by atoms with Gasteiger partial charge in [-0.05, 0) is 6.07 Å². The zero-order valence-electron chi connectivity index (χ0n) is 5.50. The minimum absolute atomic E-state index is 0. The van der Waals surface area contributed by atoms with Gasteiger partial charge in [0.2, 0.25) is 0 Å². The molecular weight excluding hydrogens is 166 g/mol. The standard InChI is InChI=1S/C6H4ClN3.H2O/c7-4-1-2-8-6-5(4)9-3-10-6;/h1-3H,(H,8,9,10);1H2. The Balaban J connectivity index is 0.000000605. The van der Waals surface area contributed by atoms with Gasteiger partial charge in [0.1, 0.15) is 5.52 Å². The van der Waals surface area contributed by atoms with Crippen LogP contribution in [-0.4, -0.2) is 20.4 Å². The van der Waals surface area contributed by atoms with Gasteiger partial charge in [0, 0.05) is 6.20 Å². The van der Waals surface area contributed by atoms with E-state index in [1.54, 1.807) is 18.6 Å². The second-order valence-corrected chi connectivity index (χ2v) is 2.30. The largest absolute Gasteiger partial charge is 0.412 e. The lowest BCUT2D eigenvalue weighted by molar-refractivity contribution is 0.824. The summed E-state index contributed by atoms with van der Waals surface area (Å²) in [5.41, 5.74) is 1.46. The van der Waals surface area contributed by atoms with E-state index in [1.807, 2.05) is 0 Å². The molecule has 0 fully saturated rings. The summed E-state index contributed by atoms with van der Waals surface area (Å²) in [6.07, 6.45) is 3.20. The first kappa shape index (κ1) is 7.97. The van der Waals surface area contributed by atoms with E-state index in [-0.39, 0.29) is 5.48 Å². The Labute approximate surface area is 67.5 Å². The molecule has 0 aliphatic heterocycles. The lowest BCUT2D eigenvalue weighted by atomic mass is 10.4. The minimum Gasteiger partial charge on any atom is -0.412 e. The van der Waals surface area contributed by atoms with E-state index in [1.165, 1.54) is 0 Å². The van der Waals surface area contributed by atoms with Crippen molar-refractivity contribution in [1.29, 1.82) is 0 Å². The molecule has 2 heterocycles. The molecule has 5 heteroatoms. The van der Waals surface area contributed by atoms with Crippen LogP contribution < -0.4 is 0 Å². The van der Waals surface area contributed by atoms with Crippen molar-refractivity contribution in [3.05, 3.63) is 23.6 Å². The summed E-state index contributed by atoms with van der Waals surface area (Å²) in [5, 5.41) is 0.655. The number of hydrogen-bond acceptors (Lipinski definition) is 2. The van der Waals surface area contributed by atoms with E-state index >= 15 is 0 Å². The molecule has 0 saturated carbocycles. The molecule has 0 aromatic carbocycles. The van der Waals surface area contributed by atoms with Crippen molar-refractivity contribution in [2.75, 3.05) is 0 Å². The van der Waals surface area contributed by atoms with Crippen LogP contribution >= 0.6 is 11.6 Å². The lowest BCUT2D eigenvalue weighted by Gasteiger charge is -1.87. The number of fused-ring (bicyclic) bond motifs is 1. The number of rotatable bonds is 0. The second-order valence-electron chi connectivity index (χ2n) is 1.89. The molecule has 58 valence electrons. The van der Waals surface area contributed by atoms with Crippen molar-refractivity contribution in [1.82, 2.24) is 15.0 Å². The van der Waals surface area contributed by atoms with Crippen LogP contribution in [-0.2, 0) is 0 Å². The van der Waals surface area contributed by atoms with Crippen molar-refractivity contribution in [2.24, 2.45) is 0 Å². The van der Waals surface area contributed by atoms with Gasteiger partial charge in [-0.1, -0.05) is 11.6 Å². The average molecular weight is 172 g/mol. The summed E-state index contributed by atoms with van der Waals surface area (Å²) in [4.78, 5) is 10.8. The maximum absolute atomic E-state index is 5.79. The lowest BCUT2D eigenvalue weighted by Crippen LogP contribution is -1.74. The maximum Gasteiger partial charge on any atom is 0.178 e. The van der Waals surface area contributed by atoms with E-state index in [4.69, 9.17) is 11.6 Å². The fourth-order valence-electron chi connectivity index (χ4n) is 0.817. The van der Waals surface area contributed by atoms with Crippen molar-refractivity contribution in [2.45, 2.75) is 0 Å². The summed E-state index contributed by atoms with van der Waals surface area (Å²) in [6, 6.07) is 1.72. The molecule has 3 N–H and O–H groups in total. The van der Waals surface area contributed by atoms with Gasteiger partial charge >= 0.3 is 0 Å². The molecule has 4 nitrogen and oxygen atoms in total. The molecule has 2 aromatic heterocycles. The van der Waals surface area contributed by atoms with Gasteiger partial charge in [0.15, 0.2) is 5.65 Å². The molecule has 0 atom stereocenters. The van der Waals surface area contributed by atoms with Crippen molar-refractivity contribution >= 4 is 22.8 Å². The summed E-state index contributed by atoms with van der Waals surface area (Å²) in [7, 11) is 0. The van der Waals surface area contributed by atoms with Gasteiger partial charge < -0.3 is 10.5 Å². The van der Waals surface area contributed by atoms with Crippen molar-refractivity contribution in [3.63, 3.8) is 0 Å². The predicted molar refractivity (Wildman–Crippen MR) is 42.5 cm³/mol. The summed E-state index contributed by atoms with van der Waals surface area (Å²) >= 11 is 5.79. The Morgan fingerprint density at radius 2 is 2.18 bits per heavy atom. The van der Waals surface area contributed by atoms with E-state index in [0.29, 0.717) is 10.7 Å². The topological polar surface area (TPSA) is 73.1 Å². The number of imidazole rings is 1. The predicted octanol–water partition coefficient (Wildman–Crippen LogP) is 0.787. The number of nitrogens with zero attached hydrogens (tertiary/aromatic N) is 2. The number of nitrogens with one attached hydrogen (secondary N) is 1. The first-order valence-corrected chi connectivity index (χ1v) is 3.19. The number of pyridine rings is 1. The van der Waals surface area contributed by atoms with Crippen LogP contribution in [0.3, 0.4) is 0 Å². The van der Waals surface area contributed by atoms with Gasteiger partial charge in [-0.25, -0.2) is 9.97 Å². The second kappa shape index (κ2) is 2.86. The van der Waals surface area contributed by atoms with Crippen LogP contribution in [0.2, 0.25) is 5.02 Å². The van der Waals surface area contributed by atoms with Crippen molar-refractivity contribution < 1.29 is 5.48 Å². The molecule has 2 aromatic rings. The molecule has 0 amide bonds. The zero-order valence-corrected chi connectivity index (χ0v) is 6.26. The number of aromatic nitrogens is 3. The monoisotopic (exact) mass is 171 g/mol. The SMILES string of the molecule is Clc1ccnc2nc[nH]c12.O. The smallest absolute Gasteiger partial charge is 0.178 e. The normalized spacial score (nSPS) is 9.55. The summed E-state index contributed by atoms with van der Waals surface area (Å²) in [6.45, 7) is 0. The van der Waals surface area contributed by atoms with Crippen LogP contribution in [0.1, 0.15) is 0 Å². The van der Waals surface area contributed by atoms with Crippen LogP contribution in [0.5, 0.6) is 0 Å². The maximum atomic E-state index is 5.79. The number of hydrogen-bond donors (Lipinski definition) is 1. The van der Waals surface area contributed by atoms with Gasteiger partial charge in [0.05, 0.1) is 11.3 Å². The molecule has 11 heavy (non-hydrogen) atoms. The Bertz CT molecular complexity index is 359. The fraction of sp³-hybridized carbons (Fsp3) is 0. The van der Waals surface area contributed by atoms with Gasteiger partial charge in [-0.15, -0.1) is 0 Å². The Kier molecular flexibility index (Phi) is 2.07.